The van der Waals surface area contributed by atoms with Gasteiger partial charge in [-0.2, -0.15) is 21.3 Å². The SMILES string of the molecule is Cc1cc(Nc2ccc(F)c(Cl)c2)n2nc(CCCSCc3ccc(CN(C)C)o3)nc2n1. The topological polar surface area (TPSA) is 71.5 Å². The van der Waals surface area contributed by atoms with Crippen molar-refractivity contribution in [2.45, 2.75) is 32.1 Å². The molecule has 3 heterocycles. The van der Waals surface area contributed by atoms with E-state index in [4.69, 9.17) is 16.0 Å². The van der Waals surface area contributed by atoms with Crippen molar-refractivity contribution in [1.29, 1.82) is 0 Å². The first kappa shape index (κ1) is 23.5. The van der Waals surface area contributed by atoms with Gasteiger partial charge in [-0.05, 0) is 63.5 Å². The van der Waals surface area contributed by atoms with Gasteiger partial charge in [0.15, 0.2) is 5.82 Å². The Kier molecular flexibility index (Phi) is 7.52. The molecule has 0 spiro atoms. The van der Waals surface area contributed by atoms with E-state index in [0.717, 1.165) is 53.9 Å². The third kappa shape index (κ3) is 6.25. The number of anilines is 2. The van der Waals surface area contributed by atoms with Crippen LogP contribution in [0.25, 0.3) is 5.78 Å². The van der Waals surface area contributed by atoms with Crippen LogP contribution in [0.3, 0.4) is 0 Å². The molecule has 1 N–H and O–H groups in total. The van der Waals surface area contributed by atoms with Gasteiger partial charge in [0.05, 0.1) is 17.3 Å². The summed E-state index contributed by atoms with van der Waals surface area (Å²) in [5.74, 6) is 5.31. The van der Waals surface area contributed by atoms with E-state index in [1.165, 1.54) is 12.1 Å². The molecule has 0 atom stereocenters. The van der Waals surface area contributed by atoms with Crippen LogP contribution in [0.4, 0.5) is 15.9 Å². The fourth-order valence-electron chi connectivity index (χ4n) is 3.35. The van der Waals surface area contributed by atoms with E-state index in [1.807, 2.05) is 51.0 Å². The van der Waals surface area contributed by atoms with Crippen molar-refractivity contribution in [1.82, 2.24) is 24.5 Å². The van der Waals surface area contributed by atoms with E-state index < -0.39 is 5.82 Å². The monoisotopic (exact) mass is 488 g/mol. The predicted molar refractivity (Wildman–Crippen MR) is 131 cm³/mol. The fraction of sp³-hybridized carbons (Fsp3) is 0.348. The smallest absolute Gasteiger partial charge is 0.254 e. The zero-order valence-electron chi connectivity index (χ0n) is 18.8. The van der Waals surface area contributed by atoms with Crippen LogP contribution in [-0.4, -0.2) is 44.3 Å². The minimum absolute atomic E-state index is 0.0577. The molecule has 7 nitrogen and oxygen atoms in total. The van der Waals surface area contributed by atoms with Gasteiger partial charge in [0.25, 0.3) is 5.78 Å². The van der Waals surface area contributed by atoms with Crippen LogP contribution in [0.15, 0.2) is 40.8 Å². The van der Waals surface area contributed by atoms with Gasteiger partial charge in [-0.1, -0.05) is 11.6 Å². The highest BCUT2D eigenvalue weighted by Crippen LogP contribution is 2.23. The summed E-state index contributed by atoms with van der Waals surface area (Å²) < 4.78 is 21.0. The lowest BCUT2D eigenvalue weighted by molar-refractivity contribution is 0.344. The molecule has 174 valence electrons. The van der Waals surface area contributed by atoms with Crippen molar-refractivity contribution in [2.24, 2.45) is 0 Å². The average molecular weight is 489 g/mol. The molecule has 0 unspecified atom stereocenters. The Labute approximate surface area is 201 Å². The number of halogens is 2. The summed E-state index contributed by atoms with van der Waals surface area (Å²) in [6.07, 6.45) is 1.70. The largest absolute Gasteiger partial charge is 0.464 e. The first-order chi connectivity index (χ1) is 15.9. The lowest BCUT2D eigenvalue weighted by atomic mass is 10.3. The maximum absolute atomic E-state index is 13.5. The number of hydrogen-bond acceptors (Lipinski definition) is 7. The minimum Gasteiger partial charge on any atom is -0.464 e. The molecular weight excluding hydrogens is 463 g/mol. The van der Waals surface area contributed by atoms with Crippen molar-refractivity contribution in [3.05, 3.63) is 70.3 Å². The molecule has 33 heavy (non-hydrogen) atoms. The fourth-order valence-corrected chi connectivity index (χ4v) is 4.38. The summed E-state index contributed by atoms with van der Waals surface area (Å²) in [5, 5.41) is 7.90. The highest BCUT2D eigenvalue weighted by molar-refractivity contribution is 7.98. The summed E-state index contributed by atoms with van der Waals surface area (Å²) in [7, 11) is 4.05. The molecule has 4 rings (SSSR count). The van der Waals surface area contributed by atoms with E-state index in [1.54, 1.807) is 10.6 Å². The maximum atomic E-state index is 13.5. The second kappa shape index (κ2) is 10.5. The molecule has 0 saturated heterocycles. The average Bonchev–Trinajstić information content (AvgIpc) is 3.36. The van der Waals surface area contributed by atoms with Gasteiger partial charge >= 0.3 is 0 Å². The molecule has 0 aliphatic carbocycles. The Balaban J connectivity index is 1.34. The Morgan fingerprint density at radius 3 is 2.76 bits per heavy atom. The first-order valence-electron chi connectivity index (χ1n) is 10.6. The Bertz CT molecular complexity index is 1240. The van der Waals surface area contributed by atoms with Crippen LogP contribution in [0, 0.1) is 12.7 Å². The Morgan fingerprint density at radius 1 is 1.15 bits per heavy atom. The first-order valence-corrected chi connectivity index (χ1v) is 12.2. The summed E-state index contributed by atoms with van der Waals surface area (Å²) in [6.45, 7) is 2.70. The van der Waals surface area contributed by atoms with Crippen LogP contribution in [0.1, 0.15) is 29.5 Å². The van der Waals surface area contributed by atoms with E-state index >= 15 is 0 Å². The quantitative estimate of drug-likeness (QED) is 0.296. The van der Waals surface area contributed by atoms with Crippen LogP contribution >= 0.6 is 23.4 Å². The zero-order valence-corrected chi connectivity index (χ0v) is 20.4. The van der Waals surface area contributed by atoms with Gasteiger partial charge < -0.3 is 14.6 Å². The number of nitrogens with one attached hydrogen (secondary N) is 1. The standard InChI is InChI=1S/C23H26ClFN6OS/c1-15-11-22(27-16-6-9-20(25)19(24)12-16)31-23(26-15)28-21(29-31)5-4-10-33-14-18-8-7-17(32-18)13-30(2)3/h6-9,11-12,27H,4-5,10,13-14H2,1-3H3. The summed E-state index contributed by atoms with van der Waals surface area (Å²) in [5.41, 5.74) is 1.47. The highest BCUT2D eigenvalue weighted by Gasteiger charge is 2.11. The highest BCUT2D eigenvalue weighted by atomic mass is 35.5. The Hall–Kier alpha value is -2.62. The van der Waals surface area contributed by atoms with Gasteiger partial charge in [0.2, 0.25) is 0 Å². The van der Waals surface area contributed by atoms with E-state index in [0.29, 0.717) is 17.3 Å². The number of furan rings is 1. The molecule has 0 saturated carbocycles. The van der Waals surface area contributed by atoms with Crippen LogP contribution in [0.2, 0.25) is 5.02 Å². The van der Waals surface area contributed by atoms with Gasteiger partial charge in [-0.15, -0.1) is 5.10 Å². The third-order valence-corrected chi connectivity index (χ3v) is 6.15. The number of benzene rings is 1. The summed E-state index contributed by atoms with van der Waals surface area (Å²) in [6, 6.07) is 10.4. The Morgan fingerprint density at radius 2 is 1.97 bits per heavy atom. The van der Waals surface area contributed by atoms with Crippen LogP contribution in [-0.2, 0) is 18.7 Å². The van der Waals surface area contributed by atoms with Gasteiger partial charge in [-0.3, -0.25) is 0 Å². The third-order valence-electron chi connectivity index (χ3n) is 4.80. The molecule has 0 fully saturated rings. The number of fused-ring (bicyclic) bond motifs is 1. The molecule has 1 aromatic carbocycles. The van der Waals surface area contributed by atoms with E-state index in [9.17, 15) is 4.39 Å². The molecule has 0 amide bonds. The van der Waals surface area contributed by atoms with Gasteiger partial charge in [0.1, 0.15) is 23.2 Å². The molecule has 0 aliphatic rings. The summed E-state index contributed by atoms with van der Waals surface area (Å²) >= 11 is 7.74. The number of aromatic nitrogens is 4. The second-order valence-electron chi connectivity index (χ2n) is 8.04. The van der Waals surface area contributed by atoms with Gasteiger partial charge in [-0.25, -0.2) is 9.37 Å². The normalized spacial score (nSPS) is 11.6. The van der Waals surface area contributed by atoms with Crippen LogP contribution in [0.5, 0.6) is 0 Å². The summed E-state index contributed by atoms with van der Waals surface area (Å²) in [4.78, 5) is 11.1. The van der Waals surface area contributed by atoms with Crippen molar-refractivity contribution in [2.75, 3.05) is 25.2 Å². The van der Waals surface area contributed by atoms with Crippen molar-refractivity contribution in [3.8, 4) is 0 Å². The molecule has 3 aromatic heterocycles. The maximum Gasteiger partial charge on any atom is 0.254 e. The molecule has 10 heteroatoms. The van der Waals surface area contributed by atoms with Crippen molar-refractivity contribution >= 4 is 40.6 Å². The molecular formula is C23H26ClFN6OS. The molecule has 0 radical (unpaired) electrons. The lowest BCUT2D eigenvalue weighted by Gasteiger charge is -2.09. The van der Waals surface area contributed by atoms with Crippen molar-refractivity contribution < 1.29 is 8.81 Å². The second-order valence-corrected chi connectivity index (χ2v) is 9.55. The lowest BCUT2D eigenvalue weighted by Crippen LogP contribution is -2.09. The van der Waals surface area contributed by atoms with Gasteiger partial charge in [0, 0.05) is 23.9 Å². The van der Waals surface area contributed by atoms with E-state index in [2.05, 4.69) is 25.3 Å². The number of thioether (sulfide) groups is 1. The molecule has 0 bridgehead atoms. The molecule has 4 aromatic rings. The number of aryl methyl sites for hydroxylation is 2. The molecule has 0 aliphatic heterocycles. The van der Waals surface area contributed by atoms with Crippen LogP contribution < -0.4 is 5.32 Å². The number of rotatable bonds is 10. The number of hydrogen-bond donors (Lipinski definition) is 1. The van der Waals surface area contributed by atoms with Crippen molar-refractivity contribution in [3.63, 3.8) is 0 Å². The zero-order chi connectivity index (χ0) is 23.4. The predicted octanol–water partition coefficient (Wildman–Crippen LogP) is 5.49. The minimum atomic E-state index is -0.458. The number of nitrogens with zero attached hydrogens (tertiary/aromatic N) is 5. The van der Waals surface area contributed by atoms with E-state index in [-0.39, 0.29) is 5.02 Å².